The summed E-state index contributed by atoms with van der Waals surface area (Å²) in [4.78, 5) is 26.7. The lowest BCUT2D eigenvalue weighted by Crippen LogP contribution is -2.38. The minimum absolute atomic E-state index is 0.0313. The number of fused-ring (bicyclic) bond motifs is 1. The van der Waals surface area contributed by atoms with Gasteiger partial charge in [0.25, 0.3) is 0 Å². The molecular formula is C24H26N6O3S. The van der Waals surface area contributed by atoms with Crippen LogP contribution in [0.25, 0.3) is 0 Å². The van der Waals surface area contributed by atoms with E-state index in [0.29, 0.717) is 37.0 Å². The van der Waals surface area contributed by atoms with Crippen molar-refractivity contribution in [2.75, 3.05) is 41.8 Å². The van der Waals surface area contributed by atoms with Gasteiger partial charge in [-0.05, 0) is 30.2 Å². The quantitative estimate of drug-likeness (QED) is 0.504. The molecule has 0 saturated carbocycles. The van der Waals surface area contributed by atoms with Gasteiger partial charge in [-0.25, -0.2) is 0 Å². The van der Waals surface area contributed by atoms with E-state index in [4.69, 9.17) is 4.74 Å². The molecule has 3 aromatic rings. The molecule has 10 heteroatoms. The Bertz CT molecular complexity index is 1190. The Labute approximate surface area is 201 Å². The van der Waals surface area contributed by atoms with Gasteiger partial charge in [0.15, 0.2) is 5.16 Å². The topological polar surface area (TPSA) is 101 Å². The molecule has 0 radical (unpaired) electrons. The van der Waals surface area contributed by atoms with Crippen LogP contribution in [-0.2, 0) is 27.3 Å². The summed E-state index contributed by atoms with van der Waals surface area (Å²) in [6, 6.07) is 15.6. The molecule has 1 fully saturated rings. The second-order valence-corrected chi connectivity index (χ2v) is 9.61. The predicted molar refractivity (Wildman–Crippen MR) is 131 cm³/mol. The van der Waals surface area contributed by atoms with E-state index in [1.165, 1.54) is 11.8 Å². The van der Waals surface area contributed by atoms with Crippen LogP contribution in [0.15, 0.2) is 53.7 Å². The molecule has 176 valence electrons. The molecule has 0 aliphatic carbocycles. The van der Waals surface area contributed by atoms with Crippen LogP contribution in [0.3, 0.4) is 0 Å². The third-order valence-electron chi connectivity index (χ3n) is 5.83. The van der Waals surface area contributed by atoms with Gasteiger partial charge >= 0.3 is 0 Å². The number of hydrogen-bond donors (Lipinski definition) is 2. The van der Waals surface area contributed by atoms with Crippen LogP contribution in [0, 0.1) is 0 Å². The van der Waals surface area contributed by atoms with Gasteiger partial charge in [-0.3, -0.25) is 14.2 Å². The van der Waals surface area contributed by atoms with E-state index in [1.54, 1.807) is 6.07 Å². The number of aromatic nitrogens is 3. The molecule has 5 rings (SSSR count). The van der Waals surface area contributed by atoms with Gasteiger partial charge in [0, 0.05) is 24.5 Å². The number of benzene rings is 2. The molecule has 1 aromatic heterocycles. The van der Waals surface area contributed by atoms with E-state index in [0.717, 1.165) is 35.9 Å². The number of rotatable bonds is 7. The molecule has 2 aromatic carbocycles. The molecule has 0 spiro atoms. The summed E-state index contributed by atoms with van der Waals surface area (Å²) >= 11 is 1.38. The first-order chi connectivity index (χ1) is 16.6. The summed E-state index contributed by atoms with van der Waals surface area (Å²) in [6.45, 7) is 5.28. The molecule has 1 saturated heterocycles. The normalized spacial score (nSPS) is 16.1. The van der Waals surface area contributed by atoms with Crippen molar-refractivity contribution in [2.24, 2.45) is 0 Å². The van der Waals surface area contributed by atoms with Crippen molar-refractivity contribution < 1.29 is 14.3 Å². The number of nitrogens with zero attached hydrogens (tertiary/aromatic N) is 4. The summed E-state index contributed by atoms with van der Waals surface area (Å²) in [5, 5.41) is 15.0. The van der Waals surface area contributed by atoms with Gasteiger partial charge in [0.2, 0.25) is 17.8 Å². The van der Waals surface area contributed by atoms with Crippen molar-refractivity contribution in [2.45, 2.75) is 30.3 Å². The van der Waals surface area contributed by atoms with Crippen molar-refractivity contribution in [3.63, 3.8) is 0 Å². The highest BCUT2D eigenvalue weighted by atomic mass is 32.2. The summed E-state index contributed by atoms with van der Waals surface area (Å²) < 4.78 is 7.56. The number of morpholine rings is 1. The monoisotopic (exact) mass is 478 g/mol. The zero-order valence-corrected chi connectivity index (χ0v) is 19.7. The molecule has 2 aliphatic heterocycles. The third kappa shape index (κ3) is 4.92. The van der Waals surface area contributed by atoms with Gasteiger partial charge in [0.1, 0.15) is 0 Å². The van der Waals surface area contributed by atoms with Crippen molar-refractivity contribution in [1.82, 2.24) is 14.8 Å². The molecule has 2 aliphatic rings. The number of hydrogen-bond acceptors (Lipinski definition) is 7. The number of anilines is 3. The maximum atomic E-state index is 13.0. The zero-order valence-electron chi connectivity index (χ0n) is 18.9. The van der Waals surface area contributed by atoms with Gasteiger partial charge in [-0.1, -0.05) is 48.2 Å². The lowest BCUT2D eigenvalue weighted by molar-refractivity contribution is -0.116. The largest absolute Gasteiger partial charge is 0.378 e. The third-order valence-corrected chi connectivity index (χ3v) is 6.91. The Hall–Kier alpha value is -3.37. The number of nitrogens with one attached hydrogen (secondary N) is 2. The van der Waals surface area contributed by atoms with Gasteiger partial charge in [-0.2, -0.15) is 0 Å². The molecule has 2 amide bonds. The number of amides is 2. The maximum absolute atomic E-state index is 13.0. The van der Waals surface area contributed by atoms with Crippen molar-refractivity contribution >= 4 is 40.9 Å². The SMILES string of the molecule is CC(Sc1nnc(N2CCOCC2)n1Cc1ccccc1)C(=O)Nc1ccc2c(c1)NC(=O)C2. The highest BCUT2D eigenvalue weighted by Gasteiger charge is 2.25. The van der Waals surface area contributed by atoms with Gasteiger partial charge in [0.05, 0.1) is 31.4 Å². The minimum atomic E-state index is -0.404. The first kappa shape index (κ1) is 22.4. The second kappa shape index (κ2) is 9.86. The Morgan fingerprint density at radius 3 is 2.76 bits per heavy atom. The molecule has 1 atom stereocenters. The Morgan fingerprint density at radius 2 is 1.97 bits per heavy atom. The smallest absolute Gasteiger partial charge is 0.237 e. The number of carbonyl (C=O) groups excluding carboxylic acids is 2. The van der Waals surface area contributed by atoms with Crippen molar-refractivity contribution in [1.29, 1.82) is 0 Å². The van der Waals surface area contributed by atoms with Crippen LogP contribution in [0.4, 0.5) is 17.3 Å². The van der Waals surface area contributed by atoms with Gasteiger partial charge in [-0.15, -0.1) is 10.2 Å². The standard InChI is InChI=1S/C24H26N6O3S/c1-16(22(32)25-19-8-7-18-13-21(31)26-20(18)14-19)34-24-28-27-23(29-9-11-33-12-10-29)30(24)15-17-5-3-2-4-6-17/h2-8,14,16H,9-13,15H2,1H3,(H,25,32)(H,26,31). The fourth-order valence-corrected chi connectivity index (χ4v) is 4.86. The second-order valence-electron chi connectivity index (χ2n) is 8.30. The molecule has 9 nitrogen and oxygen atoms in total. The molecule has 2 N–H and O–H groups in total. The van der Waals surface area contributed by atoms with E-state index in [-0.39, 0.29) is 11.8 Å². The maximum Gasteiger partial charge on any atom is 0.237 e. The summed E-state index contributed by atoms with van der Waals surface area (Å²) in [6.07, 6.45) is 0.373. The zero-order chi connectivity index (χ0) is 23.5. The van der Waals surface area contributed by atoms with Crippen LogP contribution in [0.2, 0.25) is 0 Å². The van der Waals surface area contributed by atoms with Crippen LogP contribution >= 0.6 is 11.8 Å². The Morgan fingerprint density at radius 1 is 1.18 bits per heavy atom. The van der Waals surface area contributed by atoms with Crippen LogP contribution in [-0.4, -0.2) is 58.1 Å². The molecule has 1 unspecified atom stereocenters. The molecule has 34 heavy (non-hydrogen) atoms. The summed E-state index contributed by atoms with van der Waals surface area (Å²) in [5.41, 5.74) is 3.48. The number of carbonyl (C=O) groups is 2. The lowest BCUT2D eigenvalue weighted by Gasteiger charge is -2.28. The van der Waals surface area contributed by atoms with Crippen molar-refractivity contribution in [3.8, 4) is 0 Å². The molecular weight excluding hydrogens is 452 g/mol. The summed E-state index contributed by atoms with van der Waals surface area (Å²) in [7, 11) is 0. The van der Waals surface area contributed by atoms with Crippen LogP contribution < -0.4 is 15.5 Å². The average molecular weight is 479 g/mol. The van der Waals surface area contributed by atoms with Crippen LogP contribution in [0.5, 0.6) is 0 Å². The molecule has 0 bridgehead atoms. The van der Waals surface area contributed by atoms with E-state index < -0.39 is 5.25 Å². The highest BCUT2D eigenvalue weighted by Crippen LogP contribution is 2.29. The van der Waals surface area contributed by atoms with Crippen molar-refractivity contribution in [3.05, 3.63) is 59.7 Å². The Kier molecular flexibility index (Phi) is 6.50. The average Bonchev–Trinajstić information content (AvgIpc) is 3.42. The first-order valence-corrected chi connectivity index (χ1v) is 12.1. The number of thioether (sulfide) groups is 1. The highest BCUT2D eigenvalue weighted by molar-refractivity contribution is 8.00. The van der Waals surface area contributed by atoms with Crippen LogP contribution in [0.1, 0.15) is 18.1 Å². The van der Waals surface area contributed by atoms with E-state index in [2.05, 4.69) is 42.4 Å². The first-order valence-electron chi connectivity index (χ1n) is 11.3. The summed E-state index contributed by atoms with van der Waals surface area (Å²) in [5.74, 6) is 0.615. The van der Waals surface area contributed by atoms with E-state index in [1.807, 2.05) is 37.3 Å². The fourth-order valence-electron chi connectivity index (χ4n) is 4.02. The Balaban J connectivity index is 1.32. The fraction of sp³-hybridized carbons (Fsp3) is 0.333. The molecule has 3 heterocycles. The lowest BCUT2D eigenvalue weighted by atomic mass is 10.1. The van der Waals surface area contributed by atoms with E-state index >= 15 is 0 Å². The number of ether oxygens (including phenoxy) is 1. The van der Waals surface area contributed by atoms with Gasteiger partial charge < -0.3 is 20.3 Å². The predicted octanol–water partition coefficient (Wildman–Crippen LogP) is 2.78. The minimum Gasteiger partial charge on any atom is -0.378 e. The van der Waals surface area contributed by atoms with E-state index in [9.17, 15) is 9.59 Å².